The van der Waals surface area contributed by atoms with Gasteiger partial charge in [0.2, 0.25) is 11.8 Å². The summed E-state index contributed by atoms with van der Waals surface area (Å²) in [5, 5.41) is 9.99. The van der Waals surface area contributed by atoms with Crippen LogP contribution in [-0.2, 0) is 29.1 Å². The van der Waals surface area contributed by atoms with Crippen LogP contribution in [0.2, 0.25) is 10.0 Å². The van der Waals surface area contributed by atoms with Crippen LogP contribution in [0.3, 0.4) is 0 Å². The zero-order valence-electron chi connectivity index (χ0n) is 16.7. The minimum absolute atomic E-state index is 0.0427. The highest BCUT2D eigenvalue weighted by Crippen LogP contribution is 2.24. The summed E-state index contributed by atoms with van der Waals surface area (Å²) in [6, 6.07) is 5.31. The maximum absolute atomic E-state index is 12.6. The average Bonchev–Trinajstić information content (AvgIpc) is 3.02. The molecular formula is C19H25Cl2N5O2S. The largest absolute Gasteiger partial charge is 0.370 e. The molecule has 7 nitrogen and oxygen atoms in total. The predicted molar refractivity (Wildman–Crippen MR) is 116 cm³/mol. The quantitative estimate of drug-likeness (QED) is 0.551. The molecule has 158 valence electrons. The van der Waals surface area contributed by atoms with Crippen molar-refractivity contribution in [3.8, 4) is 0 Å². The van der Waals surface area contributed by atoms with Crippen LogP contribution in [0.25, 0.3) is 0 Å². The van der Waals surface area contributed by atoms with Gasteiger partial charge in [0.05, 0.1) is 15.8 Å². The first-order valence-corrected chi connectivity index (χ1v) is 10.9. The fraction of sp³-hybridized carbons (Fsp3) is 0.474. The number of aryl methyl sites for hydroxylation is 1. The van der Waals surface area contributed by atoms with E-state index in [-0.39, 0.29) is 24.0 Å². The number of amides is 2. The Bertz CT molecular complexity index is 872. The monoisotopic (exact) mass is 457 g/mol. The van der Waals surface area contributed by atoms with Crippen molar-refractivity contribution in [2.75, 3.05) is 12.8 Å². The molecule has 0 aliphatic rings. The Labute approximate surface area is 184 Å². The molecule has 1 aromatic heterocycles. The molecule has 0 radical (unpaired) electrons. The number of aromatic nitrogens is 3. The molecule has 1 aromatic carbocycles. The van der Waals surface area contributed by atoms with Crippen LogP contribution >= 0.6 is 35.0 Å². The van der Waals surface area contributed by atoms with Crippen LogP contribution < -0.4 is 5.73 Å². The molecule has 2 rings (SSSR count). The molecule has 10 heteroatoms. The first-order valence-electron chi connectivity index (χ1n) is 9.18. The van der Waals surface area contributed by atoms with Gasteiger partial charge in [-0.2, -0.15) is 0 Å². The van der Waals surface area contributed by atoms with Crippen LogP contribution in [0.15, 0.2) is 23.4 Å². The third-order valence-corrected chi connectivity index (χ3v) is 5.78. The summed E-state index contributed by atoms with van der Waals surface area (Å²) in [5.41, 5.74) is 6.14. The summed E-state index contributed by atoms with van der Waals surface area (Å²) in [7, 11) is 1.74. The van der Waals surface area contributed by atoms with Crippen LogP contribution in [0, 0.1) is 5.92 Å². The minimum Gasteiger partial charge on any atom is -0.370 e. The third-order valence-electron chi connectivity index (χ3n) is 4.09. The summed E-state index contributed by atoms with van der Waals surface area (Å²) >= 11 is 13.3. The number of benzene rings is 1. The molecule has 2 N–H and O–H groups in total. The number of hydrogen-bond donors (Lipinski definition) is 1. The van der Waals surface area contributed by atoms with Crippen molar-refractivity contribution in [1.29, 1.82) is 0 Å². The van der Waals surface area contributed by atoms with Gasteiger partial charge in [-0.15, -0.1) is 10.2 Å². The third kappa shape index (κ3) is 7.21. The van der Waals surface area contributed by atoms with E-state index in [1.54, 1.807) is 24.1 Å². The van der Waals surface area contributed by atoms with E-state index in [1.165, 1.54) is 11.8 Å². The second kappa shape index (κ2) is 10.8. The summed E-state index contributed by atoms with van der Waals surface area (Å²) in [6.45, 7) is 5.31. The normalized spacial score (nSPS) is 11.1. The Morgan fingerprint density at radius 2 is 1.97 bits per heavy atom. The second-order valence-electron chi connectivity index (χ2n) is 7.16. The van der Waals surface area contributed by atoms with E-state index in [9.17, 15) is 9.59 Å². The van der Waals surface area contributed by atoms with Gasteiger partial charge in [-0.25, -0.2) is 0 Å². The van der Waals surface area contributed by atoms with Crippen molar-refractivity contribution in [2.24, 2.45) is 11.7 Å². The minimum atomic E-state index is -0.377. The Morgan fingerprint density at radius 1 is 1.24 bits per heavy atom. The molecule has 2 aromatic rings. The van der Waals surface area contributed by atoms with Crippen molar-refractivity contribution in [2.45, 2.75) is 44.9 Å². The molecular weight excluding hydrogens is 433 g/mol. The lowest BCUT2D eigenvalue weighted by Crippen LogP contribution is -2.28. The first kappa shape index (κ1) is 23.5. The van der Waals surface area contributed by atoms with Gasteiger partial charge in [0.15, 0.2) is 5.16 Å². The van der Waals surface area contributed by atoms with Gasteiger partial charge in [-0.05, 0) is 23.6 Å². The maximum atomic E-state index is 12.6. The van der Waals surface area contributed by atoms with Gasteiger partial charge in [-0.3, -0.25) is 9.59 Å². The summed E-state index contributed by atoms with van der Waals surface area (Å²) in [5.74, 6) is 0.878. The summed E-state index contributed by atoms with van der Waals surface area (Å²) in [4.78, 5) is 25.3. The fourth-order valence-electron chi connectivity index (χ4n) is 2.63. The van der Waals surface area contributed by atoms with E-state index in [1.807, 2.05) is 10.6 Å². The second-order valence-corrected chi connectivity index (χ2v) is 8.91. The van der Waals surface area contributed by atoms with E-state index < -0.39 is 0 Å². The number of primary amides is 1. The van der Waals surface area contributed by atoms with E-state index >= 15 is 0 Å². The molecule has 0 saturated carbocycles. The highest BCUT2D eigenvalue weighted by Gasteiger charge is 2.17. The number of nitrogens with two attached hydrogens (primary N) is 1. The Kier molecular flexibility index (Phi) is 8.79. The standard InChI is InChI=1S/C19H25Cl2N5O2S/c1-12(2)9-26-17(7-6-16(22)27)23-24-19(26)29-11-18(28)25(3)10-13-4-5-14(20)15(21)8-13/h4-5,8,12H,6-7,9-11H2,1-3H3,(H2,22,27). The Morgan fingerprint density at radius 3 is 2.59 bits per heavy atom. The number of hydrogen-bond acceptors (Lipinski definition) is 5. The lowest BCUT2D eigenvalue weighted by atomic mass is 10.2. The Hall–Kier alpha value is -1.77. The topological polar surface area (TPSA) is 94.1 Å². The summed E-state index contributed by atoms with van der Waals surface area (Å²) in [6.07, 6.45) is 0.646. The van der Waals surface area contributed by atoms with Gasteiger partial charge >= 0.3 is 0 Å². The molecule has 1 heterocycles. The zero-order chi connectivity index (χ0) is 21.6. The van der Waals surface area contributed by atoms with Crippen molar-refractivity contribution >= 4 is 46.8 Å². The zero-order valence-corrected chi connectivity index (χ0v) is 19.0. The number of carbonyl (C=O) groups is 2. The Balaban J connectivity index is 2.00. The van der Waals surface area contributed by atoms with E-state index in [4.69, 9.17) is 28.9 Å². The molecule has 0 atom stereocenters. The average molecular weight is 458 g/mol. The van der Waals surface area contributed by atoms with E-state index in [2.05, 4.69) is 24.0 Å². The molecule has 0 bridgehead atoms. The van der Waals surface area contributed by atoms with Crippen LogP contribution in [0.1, 0.15) is 31.7 Å². The van der Waals surface area contributed by atoms with Crippen LogP contribution in [-0.4, -0.2) is 44.3 Å². The molecule has 0 unspecified atom stereocenters. The van der Waals surface area contributed by atoms with Crippen molar-refractivity contribution in [1.82, 2.24) is 19.7 Å². The lowest BCUT2D eigenvalue weighted by Gasteiger charge is -2.18. The van der Waals surface area contributed by atoms with Crippen LogP contribution in [0.4, 0.5) is 0 Å². The van der Waals surface area contributed by atoms with Gasteiger partial charge < -0.3 is 15.2 Å². The number of nitrogens with zero attached hydrogens (tertiary/aromatic N) is 4. The van der Waals surface area contributed by atoms with Crippen molar-refractivity contribution < 1.29 is 9.59 Å². The molecule has 29 heavy (non-hydrogen) atoms. The molecule has 0 spiro atoms. The van der Waals surface area contributed by atoms with Gasteiger partial charge in [0, 0.05) is 33.0 Å². The van der Waals surface area contributed by atoms with E-state index in [0.29, 0.717) is 46.5 Å². The molecule has 0 aliphatic heterocycles. The number of rotatable bonds is 10. The van der Waals surface area contributed by atoms with Gasteiger partial charge in [0.25, 0.3) is 0 Å². The molecule has 0 fully saturated rings. The van der Waals surface area contributed by atoms with Crippen molar-refractivity contribution in [3.05, 3.63) is 39.6 Å². The maximum Gasteiger partial charge on any atom is 0.233 e. The fourth-order valence-corrected chi connectivity index (χ4v) is 3.86. The highest BCUT2D eigenvalue weighted by molar-refractivity contribution is 7.99. The van der Waals surface area contributed by atoms with Crippen molar-refractivity contribution in [3.63, 3.8) is 0 Å². The SMILES string of the molecule is CC(C)Cn1c(CCC(N)=O)nnc1SCC(=O)N(C)Cc1ccc(Cl)c(Cl)c1. The van der Waals surface area contributed by atoms with Crippen LogP contribution in [0.5, 0.6) is 0 Å². The number of thioether (sulfide) groups is 1. The predicted octanol–water partition coefficient (Wildman–Crippen LogP) is 3.41. The number of halogens is 2. The number of carbonyl (C=O) groups excluding carboxylic acids is 2. The molecule has 0 aliphatic carbocycles. The van der Waals surface area contributed by atoms with E-state index in [0.717, 1.165) is 5.56 Å². The molecule has 2 amide bonds. The smallest absolute Gasteiger partial charge is 0.233 e. The molecule has 0 saturated heterocycles. The van der Waals surface area contributed by atoms with Gasteiger partial charge in [0.1, 0.15) is 5.82 Å². The lowest BCUT2D eigenvalue weighted by molar-refractivity contribution is -0.127. The highest BCUT2D eigenvalue weighted by atomic mass is 35.5. The summed E-state index contributed by atoms with van der Waals surface area (Å²) < 4.78 is 1.96. The first-order chi connectivity index (χ1) is 13.7. The van der Waals surface area contributed by atoms with Gasteiger partial charge in [-0.1, -0.05) is 54.9 Å².